The van der Waals surface area contributed by atoms with Crippen molar-refractivity contribution in [1.29, 1.82) is 0 Å². The molecule has 4 rings (SSSR count). The average Bonchev–Trinajstić information content (AvgIpc) is 3.33. The van der Waals surface area contributed by atoms with Gasteiger partial charge in [-0.05, 0) is 47.4 Å². The van der Waals surface area contributed by atoms with Crippen LogP contribution in [0.3, 0.4) is 0 Å². The molecule has 1 heterocycles. The number of fused-ring (bicyclic) bond motifs is 1. The summed E-state index contributed by atoms with van der Waals surface area (Å²) in [5.41, 5.74) is 4.00. The summed E-state index contributed by atoms with van der Waals surface area (Å²) in [5, 5.41) is 12.1. The van der Waals surface area contributed by atoms with E-state index in [-0.39, 0.29) is 11.8 Å². The normalized spacial score (nSPS) is 10.9. The summed E-state index contributed by atoms with van der Waals surface area (Å²) in [6.07, 6.45) is 1.83. The highest BCUT2D eigenvalue weighted by Crippen LogP contribution is 2.23. The number of hydrogen-bond donors (Lipinski definition) is 2. The SMILES string of the molecule is CCCc1cc(C(=O)NCCN(Cc2ccccc2)C(=O)c2ccc3ccccc3c2C)n[nH]1. The Morgan fingerprint density at radius 1 is 1.00 bits per heavy atom. The molecule has 0 aliphatic heterocycles. The number of carbonyl (C=O) groups excluding carboxylic acids is 2. The van der Waals surface area contributed by atoms with Crippen molar-refractivity contribution in [2.75, 3.05) is 13.1 Å². The number of nitrogens with one attached hydrogen (secondary N) is 2. The van der Waals surface area contributed by atoms with Gasteiger partial charge in [0.1, 0.15) is 5.69 Å². The van der Waals surface area contributed by atoms with Crippen molar-refractivity contribution in [3.63, 3.8) is 0 Å². The van der Waals surface area contributed by atoms with Crippen molar-refractivity contribution in [2.45, 2.75) is 33.2 Å². The average molecular weight is 455 g/mol. The second-order valence-corrected chi connectivity index (χ2v) is 8.46. The van der Waals surface area contributed by atoms with Crippen molar-refractivity contribution in [3.8, 4) is 0 Å². The van der Waals surface area contributed by atoms with Crippen LogP contribution in [0.15, 0.2) is 72.8 Å². The van der Waals surface area contributed by atoms with Gasteiger partial charge in [0.05, 0.1) is 0 Å². The number of hydrogen-bond acceptors (Lipinski definition) is 3. The van der Waals surface area contributed by atoms with Crippen molar-refractivity contribution in [2.24, 2.45) is 0 Å². The van der Waals surface area contributed by atoms with Crippen LogP contribution in [0.5, 0.6) is 0 Å². The molecule has 0 spiro atoms. The highest BCUT2D eigenvalue weighted by Gasteiger charge is 2.20. The number of benzene rings is 3. The molecule has 0 fully saturated rings. The van der Waals surface area contributed by atoms with Gasteiger partial charge < -0.3 is 10.2 Å². The van der Waals surface area contributed by atoms with E-state index < -0.39 is 0 Å². The number of amides is 2. The number of aromatic nitrogens is 2. The van der Waals surface area contributed by atoms with Crippen LogP contribution in [0, 0.1) is 6.92 Å². The Kier molecular flexibility index (Phi) is 7.38. The third-order valence-corrected chi connectivity index (χ3v) is 5.98. The number of rotatable bonds is 9. The Bertz CT molecular complexity index is 1280. The van der Waals surface area contributed by atoms with Crippen LogP contribution in [0.2, 0.25) is 0 Å². The van der Waals surface area contributed by atoms with Crippen molar-refractivity contribution in [1.82, 2.24) is 20.4 Å². The molecule has 34 heavy (non-hydrogen) atoms. The van der Waals surface area contributed by atoms with Gasteiger partial charge in [-0.2, -0.15) is 5.10 Å². The molecular weight excluding hydrogens is 424 g/mol. The second-order valence-electron chi connectivity index (χ2n) is 8.46. The minimum absolute atomic E-state index is 0.0497. The number of carbonyl (C=O) groups is 2. The maximum absolute atomic E-state index is 13.6. The third kappa shape index (κ3) is 5.34. The Hall–Kier alpha value is -3.93. The fraction of sp³-hybridized carbons (Fsp3) is 0.250. The molecule has 0 atom stereocenters. The maximum atomic E-state index is 13.6. The first kappa shape index (κ1) is 23.2. The van der Waals surface area contributed by atoms with Crippen LogP contribution in [-0.2, 0) is 13.0 Å². The molecule has 0 saturated carbocycles. The fourth-order valence-electron chi connectivity index (χ4n) is 4.16. The topological polar surface area (TPSA) is 78.1 Å². The number of nitrogens with zero attached hydrogens (tertiary/aromatic N) is 2. The Labute approximate surface area is 200 Å². The van der Waals surface area contributed by atoms with Crippen LogP contribution in [0.4, 0.5) is 0 Å². The molecule has 0 unspecified atom stereocenters. The quantitative estimate of drug-likeness (QED) is 0.378. The zero-order valence-electron chi connectivity index (χ0n) is 19.7. The first-order valence-electron chi connectivity index (χ1n) is 11.7. The van der Waals surface area contributed by atoms with Crippen LogP contribution < -0.4 is 5.32 Å². The van der Waals surface area contributed by atoms with E-state index in [0.717, 1.165) is 40.4 Å². The molecule has 0 radical (unpaired) electrons. The lowest BCUT2D eigenvalue weighted by atomic mass is 9.99. The Balaban J connectivity index is 1.50. The molecule has 6 nitrogen and oxygen atoms in total. The minimum Gasteiger partial charge on any atom is -0.349 e. The standard InChI is InChI=1S/C28H30N4O2/c1-3-9-23-18-26(31-30-23)27(33)29-16-17-32(19-21-10-5-4-6-11-21)28(34)25-15-14-22-12-7-8-13-24(22)20(25)2/h4-8,10-15,18H,3,9,16-17,19H2,1-2H3,(H,29,33)(H,30,31). The van der Waals surface area contributed by atoms with E-state index in [1.807, 2.05) is 67.6 Å². The van der Waals surface area contributed by atoms with Crippen LogP contribution >= 0.6 is 0 Å². The van der Waals surface area contributed by atoms with E-state index in [1.165, 1.54) is 0 Å². The molecule has 6 heteroatoms. The second kappa shape index (κ2) is 10.8. The lowest BCUT2D eigenvalue weighted by Crippen LogP contribution is -2.38. The van der Waals surface area contributed by atoms with Crippen LogP contribution in [0.1, 0.15) is 51.0 Å². The van der Waals surface area contributed by atoms with Gasteiger partial charge in [0, 0.05) is 30.9 Å². The molecule has 1 aromatic heterocycles. The summed E-state index contributed by atoms with van der Waals surface area (Å²) in [4.78, 5) is 28.0. The number of aryl methyl sites for hydroxylation is 2. The lowest BCUT2D eigenvalue weighted by Gasteiger charge is -2.24. The van der Waals surface area contributed by atoms with E-state index in [2.05, 4.69) is 28.5 Å². The largest absolute Gasteiger partial charge is 0.349 e. The monoisotopic (exact) mass is 454 g/mol. The number of H-pyrrole nitrogens is 1. The molecule has 0 saturated heterocycles. The summed E-state index contributed by atoms with van der Waals surface area (Å²) in [7, 11) is 0. The predicted octanol–water partition coefficient (Wildman–Crippen LogP) is 4.90. The summed E-state index contributed by atoms with van der Waals surface area (Å²) >= 11 is 0. The van der Waals surface area contributed by atoms with E-state index in [9.17, 15) is 9.59 Å². The molecule has 0 bridgehead atoms. The summed E-state index contributed by atoms with van der Waals surface area (Å²) in [6.45, 7) is 5.25. The summed E-state index contributed by atoms with van der Waals surface area (Å²) in [5.74, 6) is -0.293. The molecule has 174 valence electrons. The zero-order valence-corrected chi connectivity index (χ0v) is 19.7. The number of aromatic amines is 1. The van der Waals surface area contributed by atoms with Gasteiger partial charge >= 0.3 is 0 Å². The van der Waals surface area contributed by atoms with E-state index in [1.54, 1.807) is 11.0 Å². The summed E-state index contributed by atoms with van der Waals surface area (Å²) < 4.78 is 0. The van der Waals surface area contributed by atoms with Crippen LogP contribution in [-0.4, -0.2) is 40.0 Å². The van der Waals surface area contributed by atoms with Gasteiger partial charge in [0.25, 0.3) is 11.8 Å². The fourth-order valence-corrected chi connectivity index (χ4v) is 4.16. The van der Waals surface area contributed by atoms with Gasteiger partial charge in [0.2, 0.25) is 0 Å². The molecule has 3 aromatic carbocycles. The van der Waals surface area contributed by atoms with Crippen molar-refractivity contribution >= 4 is 22.6 Å². The van der Waals surface area contributed by atoms with E-state index in [0.29, 0.717) is 30.9 Å². The first-order chi connectivity index (χ1) is 16.6. The van der Waals surface area contributed by atoms with Gasteiger partial charge in [-0.1, -0.05) is 74.0 Å². The van der Waals surface area contributed by atoms with E-state index in [4.69, 9.17) is 0 Å². The smallest absolute Gasteiger partial charge is 0.271 e. The van der Waals surface area contributed by atoms with E-state index >= 15 is 0 Å². The van der Waals surface area contributed by atoms with Crippen molar-refractivity contribution in [3.05, 3.63) is 101 Å². The highest BCUT2D eigenvalue weighted by atomic mass is 16.2. The first-order valence-corrected chi connectivity index (χ1v) is 11.7. The molecule has 0 aliphatic rings. The van der Waals surface area contributed by atoms with Crippen molar-refractivity contribution < 1.29 is 9.59 Å². The van der Waals surface area contributed by atoms with Gasteiger partial charge in [-0.25, -0.2) is 0 Å². The van der Waals surface area contributed by atoms with Gasteiger partial charge in [-0.15, -0.1) is 0 Å². The predicted molar refractivity (Wildman–Crippen MR) is 135 cm³/mol. The Morgan fingerprint density at radius 2 is 1.76 bits per heavy atom. The van der Waals surface area contributed by atoms with Gasteiger partial charge in [0.15, 0.2) is 0 Å². The lowest BCUT2D eigenvalue weighted by molar-refractivity contribution is 0.0735. The molecular formula is C28H30N4O2. The minimum atomic E-state index is -0.243. The molecule has 2 N–H and O–H groups in total. The summed E-state index contributed by atoms with van der Waals surface area (Å²) in [6, 6.07) is 23.6. The third-order valence-electron chi connectivity index (χ3n) is 5.98. The molecule has 0 aliphatic carbocycles. The van der Waals surface area contributed by atoms with Gasteiger partial charge in [-0.3, -0.25) is 14.7 Å². The maximum Gasteiger partial charge on any atom is 0.271 e. The molecule has 4 aromatic rings. The Morgan fingerprint density at radius 3 is 2.56 bits per heavy atom. The molecule has 2 amide bonds. The zero-order chi connectivity index (χ0) is 23.9. The van der Waals surface area contributed by atoms with Crippen LogP contribution in [0.25, 0.3) is 10.8 Å². The highest BCUT2D eigenvalue weighted by molar-refractivity contribution is 6.01.